The van der Waals surface area contributed by atoms with Crippen LogP contribution in [0.2, 0.25) is 0 Å². The average Bonchev–Trinajstić information content (AvgIpc) is 3.71. The summed E-state index contributed by atoms with van der Waals surface area (Å²) in [5.41, 5.74) is 0.989. The molecule has 4 aliphatic carbocycles. The normalized spacial score (nSPS) is 40.5. The van der Waals surface area contributed by atoms with Crippen molar-refractivity contribution in [2.75, 3.05) is 6.61 Å². The Balaban J connectivity index is 1.13. The second-order valence-corrected chi connectivity index (χ2v) is 18.0. The second kappa shape index (κ2) is 14.5. The van der Waals surface area contributed by atoms with Gasteiger partial charge in [0.25, 0.3) is 0 Å². The number of aryl methyl sites for hydroxylation is 1. The maximum Gasteiger partial charge on any atom is 0.312 e. The van der Waals surface area contributed by atoms with Gasteiger partial charge in [0.1, 0.15) is 18.8 Å². The van der Waals surface area contributed by atoms with Gasteiger partial charge in [-0.1, -0.05) is 83.6 Å². The third-order valence-corrected chi connectivity index (χ3v) is 15.5. The van der Waals surface area contributed by atoms with Crippen LogP contribution in [0, 0.1) is 51.2 Å². The molecule has 8 heteroatoms. The number of aliphatic hydroxyl groups excluding tert-OH is 1. The van der Waals surface area contributed by atoms with Gasteiger partial charge in [-0.25, -0.2) is 4.98 Å². The zero-order chi connectivity index (χ0) is 35.9. The molecule has 0 spiro atoms. The summed E-state index contributed by atoms with van der Waals surface area (Å²) in [6.45, 7) is 21.6. The largest absolute Gasteiger partial charge is 0.465 e. The van der Waals surface area contributed by atoms with E-state index >= 15 is 0 Å². The second-order valence-electron chi connectivity index (χ2n) is 18.0. The Kier molecular flexibility index (Phi) is 10.8. The number of aromatic nitrogens is 3. The van der Waals surface area contributed by atoms with Crippen molar-refractivity contribution in [3.05, 3.63) is 37.0 Å². The van der Waals surface area contributed by atoms with Crippen molar-refractivity contribution in [1.82, 2.24) is 14.8 Å². The molecule has 278 valence electrons. The fourth-order valence-electron chi connectivity index (χ4n) is 12.8. The van der Waals surface area contributed by atoms with Crippen LogP contribution in [0.4, 0.5) is 0 Å². The maximum absolute atomic E-state index is 14.4. The number of allylic oxidation sites excluding steroid dienone is 2. The maximum atomic E-state index is 14.4. The van der Waals surface area contributed by atoms with Crippen LogP contribution in [0.5, 0.6) is 0 Å². The molecule has 1 aliphatic heterocycles. The fourth-order valence-corrected chi connectivity index (χ4v) is 12.8. The predicted molar refractivity (Wildman–Crippen MR) is 195 cm³/mol. The van der Waals surface area contributed by atoms with Gasteiger partial charge in [0.05, 0.1) is 24.5 Å². The lowest BCUT2D eigenvalue weighted by atomic mass is 9.33. The number of fused-ring (bicyclic) bond motifs is 4. The Morgan fingerprint density at radius 3 is 2.32 bits per heavy atom. The third-order valence-electron chi connectivity index (χ3n) is 15.5. The molecule has 1 aromatic heterocycles. The molecule has 0 amide bonds. The first kappa shape index (κ1) is 37.3. The summed E-state index contributed by atoms with van der Waals surface area (Å²) in [5, 5.41) is 15.9. The number of nitrogens with zero attached hydrogens (tertiary/aromatic N) is 3. The Hall–Kier alpha value is -2.48. The molecule has 0 bridgehead atoms. The van der Waals surface area contributed by atoms with E-state index in [1.54, 1.807) is 12.7 Å². The van der Waals surface area contributed by atoms with E-state index in [1.807, 2.05) is 4.68 Å². The number of ether oxygens (including phenoxy) is 2. The first-order chi connectivity index (χ1) is 23.8. The number of hydrogen-bond acceptors (Lipinski definition) is 7. The molecule has 1 N–H and O–H groups in total. The van der Waals surface area contributed by atoms with Crippen LogP contribution >= 0.6 is 0 Å². The van der Waals surface area contributed by atoms with E-state index in [0.29, 0.717) is 6.61 Å². The summed E-state index contributed by atoms with van der Waals surface area (Å²) in [7, 11) is 0. The molecule has 1 saturated heterocycles. The van der Waals surface area contributed by atoms with Gasteiger partial charge >= 0.3 is 11.9 Å². The molecule has 0 aromatic carbocycles. The lowest BCUT2D eigenvalue weighted by Crippen LogP contribution is -2.69. The quantitative estimate of drug-likeness (QED) is 0.118. The van der Waals surface area contributed by atoms with E-state index < -0.39 is 16.9 Å². The van der Waals surface area contributed by atoms with Crippen molar-refractivity contribution in [3.63, 3.8) is 0 Å². The van der Waals surface area contributed by atoms with Crippen LogP contribution in [-0.2, 0) is 25.6 Å². The van der Waals surface area contributed by atoms with Crippen LogP contribution in [0.1, 0.15) is 137 Å². The van der Waals surface area contributed by atoms with Crippen molar-refractivity contribution >= 4 is 11.9 Å². The first-order valence-corrected chi connectivity index (χ1v) is 20.0. The van der Waals surface area contributed by atoms with Gasteiger partial charge in [0.15, 0.2) is 0 Å². The molecule has 11 atom stereocenters. The molecule has 5 aliphatic rings. The third kappa shape index (κ3) is 6.21. The highest BCUT2D eigenvalue weighted by Crippen LogP contribution is 2.77. The Morgan fingerprint density at radius 2 is 1.66 bits per heavy atom. The van der Waals surface area contributed by atoms with E-state index in [1.165, 1.54) is 32.1 Å². The van der Waals surface area contributed by atoms with Gasteiger partial charge in [0, 0.05) is 17.9 Å². The number of unbranched alkanes of at least 4 members (excludes halogenated alkanes) is 7. The number of rotatable bonds is 14. The molecule has 0 radical (unpaired) electrons. The van der Waals surface area contributed by atoms with Gasteiger partial charge in [0.2, 0.25) is 0 Å². The van der Waals surface area contributed by atoms with Crippen molar-refractivity contribution in [2.45, 2.75) is 156 Å². The van der Waals surface area contributed by atoms with Gasteiger partial charge in [-0.2, -0.15) is 5.10 Å². The van der Waals surface area contributed by atoms with Gasteiger partial charge in [-0.15, -0.1) is 0 Å². The topological polar surface area (TPSA) is 104 Å². The van der Waals surface area contributed by atoms with Crippen LogP contribution in [0.3, 0.4) is 0 Å². The predicted octanol–water partition coefficient (Wildman–Crippen LogP) is 8.64. The zero-order valence-corrected chi connectivity index (χ0v) is 31.8. The van der Waals surface area contributed by atoms with E-state index in [0.717, 1.165) is 81.9 Å². The summed E-state index contributed by atoms with van der Waals surface area (Å²) >= 11 is 0. The standard InChI is InChI=1S/C42H65N3O5/c1-28(2)30-16-19-42(38(48)49-23-15-13-11-9-8-10-12-14-22-45-27-43-26-44-45)21-20-39(5)32(36(30)42)24-33-37-40(39,6)18-17-31(29(3)4)41(37,7)34(46)25-35(47)50-33/h26-27,30-34,36-37,46H,1,3,8-25H2,2,4-7H3/t30-,31-,32+,33+,34+,36+,37-,39+,40+,41+,42-/m0/s1. The lowest BCUT2D eigenvalue weighted by Gasteiger charge is -2.71. The molecule has 4 saturated carbocycles. The minimum Gasteiger partial charge on any atom is -0.465 e. The number of hydrogen-bond donors (Lipinski definition) is 1. The highest BCUT2D eigenvalue weighted by atomic mass is 16.5. The highest BCUT2D eigenvalue weighted by molar-refractivity contribution is 5.78. The minimum atomic E-state index is -0.769. The van der Waals surface area contributed by atoms with Crippen LogP contribution in [-0.4, -0.2) is 50.6 Å². The summed E-state index contributed by atoms with van der Waals surface area (Å²) < 4.78 is 14.5. The van der Waals surface area contributed by atoms with E-state index in [9.17, 15) is 14.7 Å². The first-order valence-electron chi connectivity index (χ1n) is 20.0. The summed E-state index contributed by atoms with van der Waals surface area (Å²) in [6.07, 6.45) is 17.8. The highest BCUT2D eigenvalue weighted by Gasteiger charge is 2.74. The van der Waals surface area contributed by atoms with Gasteiger partial charge in [-0.3, -0.25) is 14.3 Å². The number of aliphatic hydroxyl groups is 1. The SMILES string of the molecule is C=C(C)[C@@H]1CC[C@]2(C(=O)OCCCCCCCCCCn3cncn3)CC[C@]3(C)[C@H](C[C@H]4OC(=O)C[C@@H](O)[C@]5(C)[C@@H]4[C@@]3(C)CC[C@H]5C(=C)C)[C@@H]12. The number of carbonyl (C=O) groups excluding carboxylic acids is 2. The fraction of sp³-hybridized carbons (Fsp3) is 0.810. The van der Waals surface area contributed by atoms with Crippen LogP contribution in [0.25, 0.3) is 0 Å². The molecule has 1 aromatic rings. The molecular formula is C42H65N3O5. The van der Waals surface area contributed by atoms with Crippen molar-refractivity contribution < 1.29 is 24.2 Å². The Labute approximate surface area is 301 Å². The van der Waals surface area contributed by atoms with Crippen LogP contribution < -0.4 is 0 Å². The average molecular weight is 692 g/mol. The molecule has 2 heterocycles. The lowest BCUT2D eigenvalue weighted by molar-refractivity contribution is -0.260. The van der Waals surface area contributed by atoms with Crippen molar-refractivity contribution in [3.8, 4) is 0 Å². The molecule has 5 fully saturated rings. The molecule has 50 heavy (non-hydrogen) atoms. The monoisotopic (exact) mass is 691 g/mol. The zero-order valence-electron chi connectivity index (χ0n) is 31.8. The molecular weight excluding hydrogens is 626 g/mol. The van der Waals surface area contributed by atoms with Crippen molar-refractivity contribution in [1.29, 1.82) is 0 Å². The number of carbonyl (C=O) groups is 2. The van der Waals surface area contributed by atoms with Gasteiger partial charge < -0.3 is 14.6 Å². The molecule has 0 unspecified atom stereocenters. The Bertz CT molecular complexity index is 1410. The molecule has 8 nitrogen and oxygen atoms in total. The summed E-state index contributed by atoms with van der Waals surface area (Å²) in [6, 6.07) is 0. The number of esters is 2. The molecule has 6 rings (SSSR count). The van der Waals surface area contributed by atoms with E-state index in [2.05, 4.69) is 57.9 Å². The van der Waals surface area contributed by atoms with E-state index in [4.69, 9.17) is 9.47 Å². The summed E-state index contributed by atoms with van der Waals surface area (Å²) in [5.74, 6) is 0.422. The van der Waals surface area contributed by atoms with Gasteiger partial charge in [-0.05, 0) is 106 Å². The minimum absolute atomic E-state index is 0.00271. The smallest absolute Gasteiger partial charge is 0.312 e. The summed E-state index contributed by atoms with van der Waals surface area (Å²) in [4.78, 5) is 31.7. The van der Waals surface area contributed by atoms with E-state index in [-0.39, 0.29) is 64.9 Å². The van der Waals surface area contributed by atoms with Crippen molar-refractivity contribution in [2.24, 2.45) is 51.2 Å². The Morgan fingerprint density at radius 1 is 0.960 bits per heavy atom. The van der Waals surface area contributed by atoms with Crippen LogP contribution in [0.15, 0.2) is 37.0 Å².